The Bertz CT molecular complexity index is 1130. The van der Waals surface area contributed by atoms with Crippen LogP contribution < -0.4 is 5.32 Å². The highest BCUT2D eigenvalue weighted by atomic mass is 16.5. The summed E-state index contributed by atoms with van der Waals surface area (Å²) in [6.45, 7) is 5.00. The number of carbonyl (C=O) groups is 2. The molecule has 0 heterocycles. The number of nitrogens with one attached hydrogen (secondary N) is 1. The average molecular weight is 1100 g/mol. The van der Waals surface area contributed by atoms with Crippen molar-refractivity contribution in [3.05, 3.63) is 0 Å². The minimum atomic E-state index is -0.659. The van der Waals surface area contributed by atoms with Gasteiger partial charge in [-0.1, -0.05) is 386 Å². The van der Waals surface area contributed by atoms with Crippen molar-refractivity contribution in [3.8, 4) is 0 Å². The van der Waals surface area contributed by atoms with Crippen molar-refractivity contribution >= 4 is 11.9 Å². The average Bonchev–Trinajstić information content (AvgIpc) is 3.44. The highest BCUT2D eigenvalue weighted by molar-refractivity contribution is 5.76. The van der Waals surface area contributed by atoms with Gasteiger partial charge in [0.15, 0.2) is 0 Å². The van der Waals surface area contributed by atoms with E-state index in [-0.39, 0.29) is 18.5 Å². The van der Waals surface area contributed by atoms with Gasteiger partial charge in [0.25, 0.3) is 0 Å². The molecule has 0 saturated carbocycles. The van der Waals surface area contributed by atoms with Crippen LogP contribution in [-0.2, 0) is 14.3 Å². The number of aliphatic hydroxyl groups is 2. The summed E-state index contributed by atoms with van der Waals surface area (Å²) in [7, 11) is 0. The van der Waals surface area contributed by atoms with E-state index < -0.39 is 12.1 Å². The normalized spacial score (nSPS) is 12.4. The molecule has 0 bridgehead atoms. The highest BCUT2D eigenvalue weighted by Crippen LogP contribution is 2.20. The maximum Gasteiger partial charge on any atom is 0.305 e. The molecule has 1 amide bonds. The van der Waals surface area contributed by atoms with Crippen LogP contribution in [0.1, 0.15) is 425 Å². The lowest BCUT2D eigenvalue weighted by atomic mass is 10.0. The molecular formula is C72H143NO5. The molecule has 0 spiro atoms. The number of rotatable bonds is 69. The van der Waals surface area contributed by atoms with Gasteiger partial charge >= 0.3 is 5.97 Å². The van der Waals surface area contributed by atoms with Gasteiger partial charge in [0.1, 0.15) is 0 Å². The zero-order valence-corrected chi connectivity index (χ0v) is 53.4. The Labute approximate surface area is 489 Å². The maximum atomic E-state index is 12.5. The first-order valence-electron chi connectivity index (χ1n) is 36.3. The number of esters is 1. The van der Waals surface area contributed by atoms with E-state index in [1.165, 1.54) is 353 Å². The van der Waals surface area contributed by atoms with Gasteiger partial charge in [-0.2, -0.15) is 0 Å². The van der Waals surface area contributed by atoms with Crippen LogP contribution in [0.5, 0.6) is 0 Å². The Kier molecular flexibility index (Phi) is 67.4. The molecule has 0 aliphatic rings. The third-order valence-corrected chi connectivity index (χ3v) is 17.4. The smallest absolute Gasteiger partial charge is 0.305 e. The number of hydrogen-bond donors (Lipinski definition) is 3. The number of carbonyl (C=O) groups excluding carboxylic acids is 2. The molecule has 2 atom stereocenters. The maximum absolute atomic E-state index is 12.5. The number of ether oxygens (including phenoxy) is 1. The fourth-order valence-corrected chi connectivity index (χ4v) is 11.9. The standard InChI is InChI=1S/C72H143NO5/c1-3-5-7-9-11-13-15-17-18-35-39-42-46-50-54-58-62-66-72(77)78-67-63-59-55-51-47-43-40-37-34-32-30-28-26-24-22-20-19-21-23-25-27-29-31-33-36-38-41-45-49-53-57-61-65-71(76)73-69(68-74)70(75)64-60-56-52-48-44-16-14-12-10-8-6-4-2/h69-70,74-75H,3-68H2,1-2H3,(H,73,76). The second-order valence-electron chi connectivity index (χ2n) is 25.3. The van der Waals surface area contributed by atoms with Gasteiger partial charge in [0.2, 0.25) is 5.91 Å². The summed E-state index contributed by atoms with van der Waals surface area (Å²) >= 11 is 0. The quantitative estimate of drug-likeness (QED) is 0.0417. The minimum absolute atomic E-state index is 0.0264. The van der Waals surface area contributed by atoms with Crippen LogP contribution >= 0.6 is 0 Å². The van der Waals surface area contributed by atoms with E-state index in [9.17, 15) is 19.8 Å². The fraction of sp³-hybridized carbons (Fsp3) is 0.972. The van der Waals surface area contributed by atoms with Gasteiger partial charge in [0.05, 0.1) is 25.4 Å². The minimum Gasteiger partial charge on any atom is -0.466 e. The van der Waals surface area contributed by atoms with E-state index in [2.05, 4.69) is 19.2 Å². The number of unbranched alkanes of at least 4 members (excludes halogenated alkanes) is 58. The van der Waals surface area contributed by atoms with Crippen LogP contribution in [0.25, 0.3) is 0 Å². The van der Waals surface area contributed by atoms with Gasteiger partial charge in [-0.05, 0) is 25.7 Å². The molecule has 78 heavy (non-hydrogen) atoms. The van der Waals surface area contributed by atoms with E-state index in [0.29, 0.717) is 25.9 Å². The van der Waals surface area contributed by atoms with Crippen LogP contribution in [0.3, 0.4) is 0 Å². The second kappa shape index (κ2) is 68.4. The third-order valence-electron chi connectivity index (χ3n) is 17.4. The first kappa shape index (κ1) is 76.9. The summed E-state index contributed by atoms with van der Waals surface area (Å²) < 4.78 is 5.51. The summed E-state index contributed by atoms with van der Waals surface area (Å²) in [6.07, 6.45) is 83.2. The molecule has 6 nitrogen and oxygen atoms in total. The topological polar surface area (TPSA) is 95.9 Å². The molecule has 3 N–H and O–H groups in total. The van der Waals surface area contributed by atoms with Crippen molar-refractivity contribution in [2.45, 2.75) is 437 Å². The Balaban J connectivity index is 3.28. The molecule has 0 aliphatic heterocycles. The van der Waals surface area contributed by atoms with Crippen LogP contribution in [0.4, 0.5) is 0 Å². The van der Waals surface area contributed by atoms with Gasteiger partial charge in [-0.3, -0.25) is 9.59 Å². The van der Waals surface area contributed by atoms with Crippen molar-refractivity contribution in [1.29, 1.82) is 0 Å². The summed E-state index contributed by atoms with van der Waals surface area (Å²) in [5, 5.41) is 23.3. The SMILES string of the molecule is CCCCCCCCCCCCCCCCCCCC(=O)OCCCCCCCCCCCCCCCCCCCCCCCCCCCCCCCCCCC(=O)NC(CO)C(O)CCCCCCCCCCCCCC. The van der Waals surface area contributed by atoms with Gasteiger partial charge < -0.3 is 20.3 Å². The molecule has 0 radical (unpaired) electrons. The Morgan fingerprint density at radius 3 is 0.782 bits per heavy atom. The van der Waals surface area contributed by atoms with Crippen molar-refractivity contribution < 1.29 is 24.5 Å². The molecule has 0 aliphatic carbocycles. The van der Waals surface area contributed by atoms with Gasteiger partial charge in [-0.25, -0.2) is 0 Å². The van der Waals surface area contributed by atoms with Crippen molar-refractivity contribution in [3.63, 3.8) is 0 Å². The molecule has 2 unspecified atom stereocenters. The molecule has 0 aromatic heterocycles. The monoisotopic (exact) mass is 1100 g/mol. The fourth-order valence-electron chi connectivity index (χ4n) is 11.9. The van der Waals surface area contributed by atoms with E-state index in [1.807, 2.05) is 0 Å². The predicted molar refractivity (Wildman–Crippen MR) is 343 cm³/mol. The molecule has 466 valence electrons. The third kappa shape index (κ3) is 64.0. The lowest BCUT2D eigenvalue weighted by Crippen LogP contribution is -2.45. The van der Waals surface area contributed by atoms with Crippen molar-refractivity contribution in [2.75, 3.05) is 13.2 Å². The van der Waals surface area contributed by atoms with Crippen LogP contribution in [0, 0.1) is 0 Å². The summed E-state index contributed by atoms with van der Waals surface area (Å²) in [5.41, 5.74) is 0. The first-order valence-corrected chi connectivity index (χ1v) is 36.3. The molecule has 0 saturated heterocycles. The van der Waals surface area contributed by atoms with Crippen LogP contribution in [0.2, 0.25) is 0 Å². The van der Waals surface area contributed by atoms with Crippen LogP contribution in [-0.4, -0.2) is 47.4 Å². The second-order valence-corrected chi connectivity index (χ2v) is 25.3. The Hall–Kier alpha value is -1.14. The first-order chi connectivity index (χ1) is 38.5. The van der Waals surface area contributed by atoms with E-state index in [1.54, 1.807) is 0 Å². The zero-order valence-electron chi connectivity index (χ0n) is 53.4. The lowest BCUT2D eigenvalue weighted by Gasteiger charge is -2.22. The molecule has 0 fully saturated rings. The summed E-state index contributed by atoms with van der Waals surface area (Å²) in [4.78, 5) is 24.6. The lowest BCUT2D eigenvalue weighted by molar-refractivity contribution is -0.143. The highest BCUT2D eigenvalue weighted by Gasteiger charge is 2.20. The number of aliphatic hydroxyl groups excluding tert-OH is 2. The number of hydrogen-bond acceptors (Lipinski definition) is 5. The molecule has 0 aromatic carbocycles. The van der Waals surface area contributed by atoms with Crippen molar-refractivity contribution in [1.82, 2.24) is 5.32 Å². The Morgan fingerprint density at radius 2 is 0.526 bits per heavy atom. The van der Waals surface area contributed by atoms with E-state index in [0.717, 1.165) is 38.5 Å². The van der Waals surface area contributed by atoms with Crippen LogP contribution in [0.15, 0.2) is 0 Å². The van der Waals surface area contributed by atoms with Gasteiger partial charge in [-0.15, -0.1) is 0 Å². The molecule has 0 aromatic rings. The summed E-state index contributed by atoms with van der Waals surface area (Å²) in [5.74, 6) is -0.00166. The largest absolute Gasteiger partial charge is 0.466 e. The van der Waals surface area contributed by atoms with Crippen molar-refractivity contribution in [2.24, 2.45) is 0 Å². The van der Waals surface area contributed by atoms with E-state index in [4.69, 9.17) is 4.74 Å². The summed E-state index contributed by atoms with van der Waals surface area (Å²) in [6, 6.07) is -0.536. The van der Waals surface area contributed by atoms with E-state index >= 15 is 0 Å². The van der Waals surface area contributed by atoms with Gasteiger partial charge in [0, 0.05) is 12.8 Å². The molecular weight excluding hydrogens is 959 g/mol. The zero-order chi connectivity index (χ0) is 56.4. The number of amides is 1. The molecule has 0 rings (SSSR count). The molecule has 6 heteroatoms. The predicted octanol–water partition coefficient (Wildman–Crippen LogP) is 23.4. The Morgan fingerprint density at radius 1 is 0.308 bits per heavy atom.